The summed E-state index contributed by atoms with van der Waals surface area (Å²) in [5.74, 6) is -2.97. The van der Waals surface area contributed by atoms with Crippen LogP contribution in [-0.2, 0) is 24.0 Å². The Balaban J connectivity index is 4.76. The zero-order valence-corrected chi connectivity index (χ0v) is 18.1. The molecule has 11 nitrogen and oxygen atoms in total. The Morgan fingerprint density at radius 3 is 2.03 bits per heavy atom. The Morgan fingerprint density at radius 1 is 0.931 bits per heavy atom. The van der Waals surface area contributed by atoms with E-state index in [1.54, 1.807) is 6.26 Å². The molecule has 3 unspecified atom stereocenters. The van der Waals surface area contributed by atoms with Crippen molar-refractivity contribution in [3.8, 4) is 0 Å². The van der Waals surface area contributed by atoms with Crippen LogP contribution in [0.4, 0.5) is 0 Å². The van der Waals surface area contributed by atoms with E-state index in [-0.39, 0.29) is 6.42 Å². The summed E-state index contributed by atoms with van der Waals surface area (Å²) in [6.45, 7) is -0.522. The van der Waals surface area contributed by atoms with Crippen molar-refractivity contribution in [3.05, 3.63) is 0 Å². The third-order valence-corrected chi connectivity index (χ3v) is 4.96. The first kappa shape index (κ1) is 27.0. The molecule has 0 saturated heterocycles. The number of hydrogen-bond acceptors (Lipinski definition) is 8. The van der Waals surface area contributed by atoms with Gasteiger partial charge in [-0.05, 0) is 36.9 Å². The first-order valence-corrected chi connectivity index (χ1v) is 11.5. The molecule has 166 valence electrons. The van der Waals surface area contributed by atoms with Crippen LogP contribution >= 0.6 is 23.5 Å². The van der Waals surface area contributed by atoms with Crippen LogP contribution in [0.25, 0.3) is 0 Å². The highest BCUT2D eigenvalue weighted by Crippen LogP contribution is 2.02. The Bertz CT molecular complexity index is 592. The Labute approximate surface area is 177 Å². The molecule has 0 aliphatic carbocycles. The second-order valence-corrected chi connectivity index (χ2v) is 8.05. The zero-order valence-electron chi connectivity index (χ0n) is 16.4. The van der Waals surface area contributed by atoms with E-state index in [9.17, 15) is 24.0 Å². The highest BCUT2D eigenvalue weighted by molar-refractivity contribution is 7.98. The van der Waals surface area contributed by atoms with Crippen LogP contribution in [0.5, 0.6) is 0 Å². The summed E-state index contributed by atoms with van der Waals surface area (Å²) in [6, 6.07) is -3.23. The van der Waals surface area contributed by atoms with Gasteiger partial charge in [-0.3, -0.25) is 19.2 Å². The lowest BCUT2D eigenvalue weighted by molar-refractivity contribution is -0.141. The van der Waals surface area contributed by atoms with Crippen LogP contribution in [0.15, 0.2) is 0 Å². The van der Waals surface area contributed by atoms with E-state index < -0.39 is 60.7 Å². The van der Waals surface area contributed by atoms with Crippen molar-refractivity contribution in [2.45, 2.75) is 37.4 Å². The maximum atomic E-state index is 12.3. The maximum Gasteiger partial charge on any atom is 0.326 e. The lowest BCUT2D eigenvalue weighted by Crippen LogP contribution is -2.54. The van der Waals surface area contributed by atoms with Crippen LogP contribution in [0.2, 0.25) is 0 Å². The molecule has 0 aromatic rings. The van der Waals surface area contributed by atoms with Gasteiger partial charge >= 0.3 is 5.97 Å². The maximum absolute atomic E-state index is 12.3. The average molecular weight is 452 g/mol. The number of hydrogen-bond donors (Lipinski definition) is 6. The van der Waals surface area contributed by atoms with Crippen LogP contribution in [-0.4, -0.2) is 83.4 Å². The Morgan fingerprint density at radius 2 is 1.52 bits per heavy atom. The minimum Gasteiger partial charge on any atom is -0.480 e. The minimum atomic E-state index is -1.29. The predicted octanol–water partition coefficient (Wildman–Crippen LogP) is -2.13. The van der Waals surface area contributed by atoms with E-state index in [4.69, 9.17) is 16.6 Å². The standard InChI is InChI=1S/C16H29N5O6S2/c1-28-5-3-9(17)14(24)21-11(7-12(18)22)15(25)19-8-13(23)20-10(16(26)27)4-6-29-2/h9-11H,3-8,17H2,1-2H3,(H2,18,22)(H,19,25)(H,20,23)(H,21,24)(H,26,27). The Kier molecular flexibility index (Phi) is 13.9. The van der Waals surface area contributed by atoms with E-state index in [1.165, 1.54) is 23.5 Å². The zero-order chi connectivity index (χ0) is 22.4. The number of primary amides is 1. The van der Waals surface area contributed by atoms with Crippen LogP contribution in [0.1, 0.15) is 19.3 Å². The number of rotatable bonds is 15. The van der Waals surface area contributed by atoms with Crippen LogP contribution in [0, 0.1) is 0 Å². The molecular formula is C16H29N5O6S2. The van der Waals surface area contributed by atoms with Gasteiger partial charge in [0.1, 0.15) is 12.1 Å². The molecule has 3 atom stereocenters. The number of carbonyl (C=O) groups excluding carboxylic acids is 4. The lowest BCUT2D eigenvalue weighted by atomic mass is 10.1. The summed E-state index contributed by atoms with van der Waals surface area (Å²) in [5, 5.41) is 16.0. The molecule has 0 fully saturated rings. The van der Waals surface area contributed by atoms with Crippen molar-refractivity contribution in [2.24, 2.45) is 11.5 Å². The van der Waals surface area contributed by atoms with Gasteiger partial charge in [-0.25, -0.2) is 4.79 Å². The summed E-state index contributed by atoms with van der Waals surface area (Å²) in [7, 11) is 0. The largest absolute Gasteiger partial charge is 0.480 e. The number of nitrogens with one attached hydrogen (secondary N) is 3. The van der Waals surface area contributed by atoms with E-state index in [0.717, 1.165) is 0 Å². The lowest BCUT2D eigenvalue weighted by Gasteiger charge is -2.20. The fourth-order valence-electron chi connectivity index (χ4n) is 2.09. The molecule has 0 spiro atoms. The van der Waals surface area contributed by atoms with E-state index in [2.05, 4.69) is 16.0 Å². The van der Waals surface area contributed by atoms with Gasteiger partial charge in [0.25, 0.3) is 0 Å². The number of carbonyl (C=O) groups is 5. The van der Waals surface area contributed by atoms with Gasteiger partial charge in [-0.15, -0.1) is 0 Å². The Hall–Kier alpha value is -1.99. The second kappa shape index (κ2) is 14.9. The number of carboxylic acid groups (broad SMARTS) is 1. The van der Waals surface area contributed by atoms with Gasteiger partial charge < -0.3 is 32.5 Å². The molecule has 0 rings (SSSR count). The van der Waals surface area contributed by atoms with E-state index >= 15 is 0 Å². The van der Waals surface area contributed by atoms with Gasteiger partial charge in [-0.1, -0.05) is 0 Å². The molecule has 0 bridgehead atoms. The van der Waals surface area contributed by atoms with Crippen molar-refractivity contribution in [1.29, 1.82) is 0 Å². The summed E-state index contributed by atoms with van der Waals surface area (Å²) in [6.07, 6.45) is 3.80. The summed E-state index contributed by atoms with van der Waals surface area (Å²) in [5.41, 5.74) is 10.8. The number of nitrogens with two attached hydrogens (primary N) is 2. The van der Waals surface area contributed by atoms with Crippen LogP contribution in [0.3, 0.4) is 0 Å². The number of amides is 4. The molecule has 0 heterocycles. The third-order valence-electron chi connectivity index (χ3n) is 3.68. The van der Waals surface area contributed by atoms with Crippen molar-refractivity contribution in [1.82, 2.24) is 16.0 Å². The van der Waals surface area contributed by atoms with Gasteiger partial charge in [0.15, 0.2) is 0 Å². The molecule has 13 heteroatoms. The molecule has 0 aliphatic heterocycles. The molecule has 0 saturated carbocycles. The summed E-state index contributed by atoms with van der Waals surface area (Å²) >= 11 is 2.94. The van der Waals surface area contributed by atoms with Crippen LogP contribution < -0.4 is 27.4 Å². The van der Waals surface area contributed by atoms with E-state index in [0.29, 0.717) is 17.9 Å². The average Bonchev–Trinajstić information content (AvgIpc) is 2.65. The first-order chi connectivity index (χ1) is 13.6. The molecule has 8 N–H and O–H groups in total. The molecule has 29 heavy (non-hydrogen) atoms. The van der Waals surface area contributed by atoms with Gasteiger partial charge in [0.05, 0.1) is 19.0 Å². The number of aliphatic carboxylic acids is 1. The fraction of sp³-hybridized carbons (Fsp3) is 0.688. The molecule has 0 aromatic heterocycles. The quantitative estimate of drug-likeness (QED) is 0.161. The summed E-state index contributed by atoms with van der Waals surface area (Å²) < 4.78 is 0. The highest BCUT2D eigenvalue weighted by atomic mass is 32.2. The molecule has 0 aromatic carbocycles. The monoisotopic (exact) mass is 451 g/mol. The fourth-order valence-corrected chi connectivity index (χ4v) is 3.06. The van der Waals surface area contributed by atoms with Gasteiger partial charge in [0, 0.05) is 0 Å². The van der Waals surface area contributed by atoms with Crippen molar-refractivity contribution >= 4 is 53.1 Å². The van der Waals surface area contributed by atoms with Crippen molar-refractivity contribution < 1.29 is 29.1 Å². The molecule has 0 aliphatic rings. The van der Waals surface area contributed by atoms with Gasteiger partial charge in [-0.2, -0.15) is 23.5 Å². The topological polar surface area (TPSA) is 194 Å². The second-order valence-electron chi connectivity index (χ2n) is 6.08. The smallest absolute Gasteiger partial charge is 0.326 e. The predicted molar refractivity (Wildman–Crippen MR) is 112 cm³/mol. The van der Waals surface area contributed by atoms with E-state index in [1.807, 2.05) is 6.26 Å². The highest BCUT2D eigenvalue weighted by Gasteiger charge is 2.26. The van der Waals surface area contributed by atoms with Crippen molar-refractivity contribution in [3.63, 3.8) is 0 Å². The molecule has 4 amide bonds. The summed E-state index contributed by atoms with van der Waals surface area (Å²) in [4.78, 5) is 58.6. The molecule has 0 radical (unpaired) electrons. The normalized spacial score (nSPS) is 13.6. The first-order valence-electron chi connectivity index (χ1n) is 8.74. The SMILES string of the molecule is CSCCC(N)C(=O)NC(CC(N)=O)C(=O)NCC(=O)NC(CCSC)C(=O)O. The number of thioether (sulfide) groups is 2. The van der Waals surface area contributed by atoms with Crippen molar-refractivity contribution in [2.75, 3.05) is 30.6 Å². The number of carboxylic acids is 1. The molecular weight excluding hydrogens is 422 g/mol. The van der Waals surface area contributed by atoms with Gasteiger partial charge in [0.2, 0.25) is 23.6 Å². The minimum absolute atomic E-state index is 0.227. The third kappa shape index (κ3) is 12.2.